The van der Waals surface area contributed by atoms with Crippen LogP contribution >= 0.6 is 0 Å². The maximum atomic E-state index is 10.0. The van der Waals surface area contributed by atoms with Crippen molar-refractivity contribution in [2.24, 2.45) is 22.7 Å². The SMILES string of the molecule is CC(C)(C)CCN1CC(CO)C2(CCN(CC3CCCCC3)CC2)C1. The fraction of sp³-hybridized carbons (Fsp3) is 1.00. The van der Waals surface area contributed by atoms with Crippen LogP contribution in [-0.4, -0.2) is 60.8 Å². The van der Waals surface area contributed by atoms with Crippen LogP contribution < -0.4 is 0 Å². The Balaban J connectivity index is 1.49. The number of hydrogen-bond acceptors (Lipinski definition) is 3. The number of likely N-dealkylation sites (tertiary alicyclic amines) is 2. The molecule has 3 fully saturated rings. The van der Waals surface area contributed by atoms with Gasteiger partial charge < -0.3 is 14.9 Å². The molecule has 0 aromatic heterocycles. The van der Waals surface area contributed by atoms with Crippen LogP contribution in [-0.2, 0) is 0 Å². The zero-order valence-corrected chi connectivity index (χ0v) is 17.1. The molecule has 3 rings (SSSR count). The van der Waals surface area contributed by atoms with Gasteiger partial charge in [0.15, 0.2) is 0 Å². The van der Waals surface area contributed by atoms with Crippen LogP contribution in [0.3, 0.4) is 0 Å². The molecule has 3 heteroatoms. The van der Waals surface area contributed by atoms with E-state index in [9.17, 15) is 5.11 Å². The fourth-order valence-corrected chi connectivity index (χ4v) is 5.54. The van der Waals surface area contributed by atoms with E-state index in [1.165, 1.54) is 84.1 Å². The molecule has 0 aromatic rings. The molecule has 1 atom stereocenters. The molecule has 2 heterocycles. The van der Waals surface area contributed by atoms with Gasteiger partial charge in [-0.25, -0.2) is 0 Å². The molecule has 1 unspecified atom stereocenters. The molecule has 1 saturated carbocycles. The molecule has 0 amide bonds. The molecule has 3 aliphatic rings. The minimum atomic E-state index is 0.384. The quantitative estimate of drug-likeness (QED) is 0.811. The summed E-state index contributed by atoms with van der Waals surface area (Å²) in [5.41, 5.74) is 0.809. The predicted octanol–water partition coefficient (Wildman–Crippen LogP) is 4.01. The highest BCUT2D eigenvalue weighted by Crippen LogP contribution is 2.45. The van der Waals surface area contributed by atoms with E-state index in [4.69, 9.17) is 0 Å². The first-order valence-electron chi connectivity index (χ1n) is 11.0. The van der Waals surface area contributed by atoms with Crippen LogP contribution in [0.15, 0.2) is 0 Å². The summed E-state index contributed by atoms with van der Waals surface area (Å²) in [6.45, 7) is 14.8. The first-order chi connectivity index (χ1) is 11.9. The Bertz CT molecular complexity index is 403. The topological polar surface area (TPSA) is 26.7 Å². The Morgan fingerprint density at radius 1 is 1.00 bits per heavy atom. The van der Waals surface area contributed by atoms with Gasteiger partial charge >= 0.3 is 0 Å². The van der Waals surface area contributed by atoms with E-state index in [2.05, 4.69) is 30.6 Å². The number of rotatable bonds is 5. The molecule has 0 aromatic carbocycles. The molecular weight excluding hydrogens is 308 g/mol. The molecular formula is C22H42N2O. The zero-order chi connectivity index (χ0) is 17.9. The summed E-state index contributed by atoms with van der Waals surface area (Å²) in [5.74, 6) is 1.47. The first kappa shape index (κ1) is 19.6. The van der Waals surface area contributed by atoms with Crippen LogP contribution in [0.2, 0.25) is 0 Å². The third-order valence-electron chi connectivity index (χ3n) is 7.37. The summed E-state index contributed by atoms with van der Waals surface area (Å²) in [6, 6.07) is 0. The van der Waals surface area contributed by atoms with Gasteiger partial charge in [0.05, 0.1) is 0 Å². The van der Waals surface area contributed by atoms with Gasteiger partial charge in [-0.05, 0) is 68.5 Å². The highest BCUT2D eigenvalue weighted by molar-refractivity contribution is 4.99. The highest BCUT2D eigenvalue weighted by Gasteiger charge is 2.47. The summed E-state index contributed by atoms with van der Waals surface area (Å²) >= 11 is 0. The number of aliphatic hydroxyl groups excluding tert-OH is 1. The van der Waals surface area contributed by atoms with Gasteiger partial charge in [0.2, 0.25) is 0 Å². The summed E-state index contributed by atoms with van der Waals surface area (Å²) in [6.07, 6.45) is 11.2. The van der Waals surface area contributed by atoms with Crippen molar-refractivity contribution in [1.82, 2.24) is 9.80 Å². The Labute approximate surface area is 156 Å². The molecule has 2 saturated heterocycles. The van der Waals surface area contributed by atoms with Crippen molar-refractivity contribution >= 4 is 0 Å². The van der Waals surface area contributed by atoms with Crippen LogP contribution in [0.4, 0.5) is 0 Å². The Morgan fingerprint density at radius 2 is 1.68 bits per heavy atom. The van der Waals surface area contributed by atoms with E-state index >= 15 is 0 Å². The number of hydrogen-bond donors (Lipinski definition) is 1. The van der Waals surface area contributed by atoms with E-state index in [-0.39, 0.29) is 0 Å². The van der Waals surface area contributed by atoms with Gasteiger partial charge in [-0.1, -0.05) is 40.0 Å². The average molecular weight is 351 g/mol. The van der Waals surface area contributed by atoms with E-state index < -0.39 is 0 Å². The van der Waals surface area contributed by atoms with Crippen molar-refractivity contribution in [2.75, 3.05) is 45.9 Å². The summed E-state index contributed by atoms with van der Waals surface area (Å²) in [4.78, 5) is 5.40. The lowest BCUT2D eigenvalue weighted by Gasteiger charge is -2.43. The van der Waals surface area contributed by atoms with Gasteiger partial charge in [0.25, 0.3) is 0 Å². The molecule has 0 radical (unpaired) electrons. The summed E-state index contributed by atoms with van der Waals surface area (Å²) in [5, 5.41) is 10.0. The number of aliphatic hydroxyl groups is 1. The largest absolute Gasteiger partial charge is 0.396 e. The standard InChI is InChI=1S/C22H42N2O/c1-21(2,3)9-12-24-16-20(17-25)22(18-24)10-13-23(14-11-22)15-19-7-5-4-6-8-19/h19-20,25H,4-18H2,1-3H3. The van der Waals surface area contributed by atoms with Gasteiger partial charge in [-0.15, -0.1) is 0 Å². The molecule has 1 N–H and O–H groups in total. The lowest BCUT2D eigenvalue weighted by molar-refractivity contribution is 0.0423. The predicted molar refractivity (Wildman–Crippen MR) is 106 cm³/mol. The second kappa shape index (κ2) is 8.27. The van der Waals surface area contributed by atoms with Crippen LogP contribution in [0.5, 0.6) is 0 Å². The second-order valence-electron chi connectivity index (χ2n) is 10.6. The van der Waals surface area contributed by atoms with Gasteiger partial charge in [-0.2, -0.15) is 0 Å². The van der Waals surface area contributed by atoms with Crippen molar-refractivity contribution in [3.63, 3.8) is 0 Å². The van der Waals surface area contributed by atoms with Crippen molar-refractivity contribution in [2.45, 2.75) is 72.1 Å². The van der Waals surface area contributed by atoms with E-state index in [1.807, 2.05) is 0 Å². The van der Waals surface area contributed by atoms with Crippen molar-refractivity contribution in [1.29, 1.82) is 0 Å². The molecule has 1 spiro atoms. The third kappa shape index (κ3) is 5.20. The minimum Gasteiger partial charge on any atom is -0.396 e. The molecule has 1 aliphatic carbocycles. The van der Waals surface area contributed by atoms with Crippen molar-refractivity contribution in [3.05, 3.63) is 0 Å². The van der Waals surface area contributed by atoms with Crippen LogP contribution in [0.1, 0.15) is 72.1 Å². The minimum absolute atomic E-state index is 0.384. The monoisotopic (exact) mass is 350 g/mol. The van der Waals surface area contributed by atoms with Gasteiger partial charge in [0, 0.05) is 32.2 Å². The fourth-order valence-electron chi connectivity index (χ4n) is 5.54. The van der Waals surface area contributed by atoms with Gasteiger partial charge in [-0.3, -0.25) is 0 Å². The second-order valence-corrected chi connectivity index (χ2v) is 10.6. The number of piperidine rings is 1. The molecule has 0 bridgehead atoms. The maximum absolute atomic E-state index is 10.0. The molecule has 2 aliphatic heterocycles. The normalized spacial score (nSPS) is 29.5. The van der Waals surface area contributed by atoms with Crippen molar-refractivity contribution < 1.29 is 5.11 Å². The lowest BCUT2D eigenvalue weighted by atomic mass is 9.71. The van der Waals surface area contributed by atoms with E-state index in [0.29, 0.717) is 23.4 Å². The smallest absolute Gasteiger partial charge is 0.0477 e. The van der Waals surface area contributed by atoms with E-state index in [1.54, 1.807) is 0 Å². The molecule has 3 nitrogen and oxygen atoms in total. The third-order valence-corrected chi connectivity index (χ3v) is 7.37. The van der Waals surface area contributed by atoms with Crippen LogP contribution in [0.25, 0.3) is 0 Å². The van der Waals surface area contributed by atoms with Crippen molar-refractivity contribution in [3.8, 4) is 0 Å². The van der Waals surface area contributed by atoms with Gasteiger partial charge in [0.1, 0.15) is 0 Å². The Kier molecular flexibility index (Phi) is 6.50. The Morgan fingerprint density at radius 3 is 2.28 bits per heavy atom. The Hall–Kier alpha value is -0.120. The summed E-state index contributed by atoms with van der Waals surface area (Å²) < 4.78 is 0. The summed E-state index contributed by atoms with van der Waals surface area (Å²) in [7, 11) is 0. The maximum Gasteiger partial charge on any atom is 0.0477 e. The first-order valence-corrected chi connectivity index (χ1v) is 11.0. The zero-order valence-electron chi connectivity index (χ0n) is 17.1. The van der Waals surface area contributed by atoms with E-state index in [0.717, 1.165) is 12.5 Å². The molecule has 25 heavy (non-hydrogen) atoms. The lowest BCUT2D eigenvalue weighted by Crippen LogP contribution is -2.46. The van der Waals surface area contributed by atoms with Crippen LogP contribution in [0, 0.1) is 22.7 Å². The average Bonchev–Trinajstić information content (AvgIpc) is 2.93. The highest BCUT2D eigenvalue weighted by atomic mass is 16.3. The molecule has 146 valence electrons. The number of nitrogens with zero attached hydrogens (tertiary/aromatic N) is 2.